The summed E-state index contributed by atoms with van der Waals surface area (Å²) in [5, 5.41) is 7.58. The lowest BCUT2D eigenvalue weighted by atomic mass is 10.1. The Hall–Kier alpha value is -0.210. The normalized spacial score (nSPS) is 44.6. The number of carboxylic acids is 1. The van der Waals surface area contributed by atoms with E-state index in [1.54, 1.807) is 0 Å². The van der Waals surface area contributed by atoms with Crippen LogP contribution >= 0.6 is 23.2 Å². The highest BCUT2D eigenvalue weighted by atomic mass is 35.5. The molecule has 0 saturated heterocycles. The van der Waals surface area contributed by atoms with Crippen molar-refractivity contribution in [1.29, 1.82) is 0 Å². The van der Waals surface area contributed by atoms with Gasteiger partial charge < -0.3 is 5.11 Å². The molecule has 0 aromatic heterocycles. The smallest absolute Gasteiger partial charge is 0.316 e. The summed E-state index contributed by atoms with van der Waals surface area (Å²) in [6.07, 6.45) is 1.30. The summed E-state index contributed by atoms with van der Waals surface area (Å²) in [7, 11) is 0. The summed E-state index contributed by atoms with van der Waals surface area (Å²) in [6, 6.07) is 0. The van der Waals surface area contributed by atoms with Crippen LogP contribution in [0.15, 0.2) is 12.7 Å². The van der Waals surface area contributed by atoms with Crippen LogP contribution in [0.1, 0.15) is 0 Å². The minimum absolute atomic E-state index is 0.510. The van der Waals surface area contributed by atoms with Crippen LogP contribution in [-0.2, 0) is 4.79 Å². The fourth-order valence-electron chi connectivity index (χ4n) is 0.870. The summed E-state index contributed by atoms with van der Waals surface area (Å²) in [5.41, 5.74) is -1.08. The molecule has 1 aliphatic carbocycles. The van der Waals surface area contributed by atoms with Crippen molar-refractivity contribution in [1.82, 2.24) is 0 Å². The summed E-state index contributed by atoms with van der Waals surface area (Å²) in [4.78, 5) is 10.5. The Bertz CT molecular complexity index is 182. The molecule has 10 heavy (non-hydrogen) atoms. The van der Waals surface area contributed by atoms with E-state index in [9.17, 15) is 4.79 Å². The molecular weight excluding hydrogens is 175 g/mol. The van der Waals surface area contributed by atoms with E-state index in [1.807, 2.05) is 0 Å². The van der Waals surface area contributed by atoms with E-state index >= 15 is 0 Å². The average molecular weight is 181 g/mol. The van der Waals surface area contributed by atoms with Gasteiger partial charge in [0.2, 0.25) is 0 Å². The Balaban J connectivity index is 2.85. The van der Waals surface area contributed by atoms with Crippen LogP contribution in [0.3, 0.4) is 0 Å². The number of carboxylic acid groups (broad SMARTS) is 1. The minimum Gasteiger partial charge on any atom is -0.481 e. The lowest BCUT2D eigenvalue weighted by Crippen LogP contribution is -2.16. The molecule has 0 aromatic carbocycles. The maximum Gasteiger partial charge on any atom is 0.316 e. The van der Waals surface area contributed by atoms with Crippen molar-refractivity contribution < 1.29 is 9.90 Å². The van der Waals surface area contributed by atoms with Crippen LogP contribution in [0.2, 0.25) is 0 Å². The van der Waals surface area contributed by atoms with E-state index in [-0.39, 0.29) is 0 Å². The maximum atomic E-state index is 10.5. The molecule has 0 heterocycles. The molecule has 0 radical (unpaired) electrons. The molecule has 1 N–H and O–H groups in total. The van der Waals surface area contributed by atoms with E-state index in [1.165, 1.54) is 6.08 Å². The predicted octanol–water partition coefficient (Wildman–Crippen LogP) is 1.47. The molecule has 2 unspecified atom stereocenters. The van der Waals surface area contributed by atoms with Crippen LogP contribution < -0.4 is 0 Å². The van der Waals surface area contributed by atoms with E-state index in [2.05, 4.69) is 6.58 Å². The third-order valence-electron chi connectivity index (χ3n) is 1.77. The Morgan fingerprint density at radius 3 is 2.00 bits per heavy atom. The van der Waals surface area contributed by atoms with Crippen molar-refractivity contribution in [2.24, 2.45) is 5.41 Å². The van der Waals surface area contributed by atoms with Gasteiger partial charge in [0.05, 0.1) is 10.8 Å². The average Bonchev–Trinajstić information content (AvgIpc) is 2.38. The number of rotatable bonds is 2. The van der Waals surface area contributed by atoms with Crippen molar-refractivity contribution in [2.45, 2.75) is 10.8 Å². The maximum absolute atomic E-state index is 10.5. The first kappa shape index (κ1) is 7.89. The molecular formula is C6H6Cl2O2. The minimum atomic E-state index is -1.08. The van der Waals surface area contributed by atoms with Gasteiger partial charge in [0.25, 0.3) is 0 Å². The van der Waals surface area contributed by atoms with Crippen molar-refractivity contribution in [3.05, 3.63) is 12.7 Å². The van der Waals surface area contributed by atoms with Crippen LogP contribution in [0.5, 0.6) is 0 Å². The molecule has 1 fully saturated rings. The van der Waals surface area contributed by atoms with Gasteiger partial charge in [-0.3, -0.25) is 4.79 Å². The van der Waals surface area contributed by atoms with Crippen LogP contribution in [0, 0.1) is 5.41 Å². The van der Waals surface area contributed by atoms with Gasteiger partial charge in [-0.05, 0) is 0 Å². The van der Waals surface area contributed by atoms with Gasteiger partial charge in [-0.15, -0.1) is 29.8 Å². The van der Waals surface area contributed by atoms with Gasteiger partial charge in [0.1, 0.15) is 5.41 Å². The molecule has 0 spiro atoms. The Kier molecular flexibility index (Phi) is 1.69. The fraction of sp³-hybridized carbons (Fsp3) is 0.500. The van der Waals surface area contributed by atoms with Crippen molar-refractivity contribution in [2.75, 3.05) is 0 Å². The number of alkyl halides is 2. The van der Waals surface area contributed by atoms with Crippen LogP contribution in [-0.4, -0.2) is 21.8 Å². The molecule has 0 amide bonds. The molecule has 0 bridgehead atoms. The lowest BCUT2D eigenvalue weighted by molar-refractivity contribution is -0.141. The highest BCUT2D eigenvalue weighted by Gasteiger charge is 2.67. The molecule has 4 heteroatoms. The molecule has 2 atom stereocenters. The van der Waals surface area contributed by atoms with E-state index in [4.69, 9.17) is 28.3 Å². The van der Waals surface area contributed by atoms with Crippen molar-refractivity contribution in [3.8, 4) is 0 Å². The van der Waals surface area contributed by atoms with Gasteiger partial charge in [-0.2, -0.15) is 0 Å². The Labute approximate surface area is 68.4 Å². The van der Waals surface area contributed by atoms with Crippen LogP contribution in [0.4, 0.5) is 0 Å². The highest BCUT2D eigenvalue weighted by Crippen LogP contribution is 2.55. The summed E-state index contributed by atoms with van der Waals surface area (Å²) in [5.74, 6) is -0.998. The zero-order chi connectivity index (χ0) is 7.94. The third-order valence-corrected chi connectivity index (χ3v) is 3.12. The first-order chi connectivity index (χ1) is 4.57. The Morgan fingerprint density at radius 2 is 2.00 bits per heavy atom. The number of hydrogen-bond donors (Lipinski definition) is 1. The van der Waals surface area contributed by atoms with Crippen molar-refractivity contribution in [3.63, 3.8) is 0 Å². The molecule has 2 nitrogen and oxygen atoms in total. The van der Waals surface area contributed by atoms with Gasteiger partial charge in [-0.1, -0.05) is 6.08 Å². The first-order valence-corrected chi connectivity index (χ1v) is 3.59. The van der Waals surface area contributed by atoms with Crippen molar-refractivity contribution >= 4 is 29.2 Å². The van der Waals surface area contributed by atoms with E-state index in [0.29, 0.717) is 0 Å². The first-order valence-electron chi connectivity index (χ1n) is 2.72. The number of hydrogen-bond acceptors (Lipinski definition) is 1. The molecule has 1 saturated carbocycles. The predicted molar refractivity (Wildman–Crippen MR) is 39.5 cm³/mol. The summed E-state index contributed by atoms with van der Waals surface area (Å²) in [6.45, 7) is 3.37. The van der Waals surface area contributed by atoms with Gasteiger partial charge in [0.15, 0.2) is 0 Å². The second-order valence-electron chi connectivity index (χ2n) is 2.25. The second kappa shape index (κ2) is 2.14. The van der Waals surface area contributed by atoms with Gasteiger partial charge >= 0.3 is 5.97 Å². The summed E-state index contributed by atoms with van der Waals surface area (Å²) >= 11 is 11.1. The molecule has 56 valence electrons. The number of aliphatic carboxylic acids is 1. The number of halogens is 2. The monoisotopic (exact) mass is 180 g/mol. The van der Waals surface area contributed by atoms with E-state index < -0.39 is 22.1 Å². The topological polar surface area (TPSA) is 37.3 Å². The van der Waals surface area contributed by atoms with Gasteiger partial charge in [-0.25, -0.2) is 0 Å². The standard InChI is InChI=1S/C6H6Cl2O2/c1-2-6(5(9)10)3(7)4(6)8/h2-4H,1H2,(H,9,10). The lowest BCUT2D eigenvalue weighted by Gasteiger charge is -2.00. The zero-order valence-corrected chi connectivity index (χ0v) is 6.56. The van der Waals surface area contributed by atoms with E-state index in [0.717, 1.165) is 0 Å². The fourth-order valence-corrected chi connectivity index (χ4v) is 1.84. The molecule has 1 rings (SSSR count). The number of carbonyl (C=O) groups is 1. The molecule has 1 aliphatic rings. The Morgan fingerprint density at radius 1 is 1.60 bits per heavy atom. The largest absolute Gasteiger partial charge is 0.481 e. The quantitative estimate of drug-likeness (QED) is 0.517. The second-order valence-corrected chi connectivity index (χ2v) is 3.19. The highest BCUT2D eigenvalue weighted by molar-refractivity contribution is 6.38. The van der Waals surface area contributed by atoms with Gasteiger partial charge in [0, 0.05) is 0 Å². The SMILES string of the molecule is C=CC1(C(=O)O)C(Cl)C1Cl. The molecule has 0 aromatic rings. The zero-order valence-electron chi connectivity index (χ0n) is 5.05. The third kappa shape index (κ3) is 0.691. The summed E-state index contributed by atoms with van der Waals surface area (Å²) < 4.78 is 0. The molecule has 0 aliphatic heterocycles. The van der Waals surface area contributed by atoms with Crippen LogP contribution in [0.25, 0.3) is 0 Å².